The van der Waals surface area contributed by atoms with Gasteiger partial charge in [0.1, 0.15) is 0 Å². The third-order valence-electron chi connectivity index (χ3n) is 2.59. The van der Waals surface area contributed by atoms with Gasteiger partial charge in [-0.1, -0.05) is 13.8 Å². The van der Waals surface area contributed by atoms with Crippen LogP contribution < -0.4 is 5.32 Å². The second kappa shape index (κ2) is 7.67. The van der Waals surface area contributed by atoms with Crippen molar-refractivity contribution < 1.29 is 4.79 Å². The number of hydrogen-bond donors (Lipinski definition) is 1. The van der Waals surface area contributed by atoms with Crippen LogP contribution in [0, 0.1) is 5.41 Å². The van der Waals surface area contributed by atoms with E-state index in [4.69, 9.17) is 0 Å². The molecule has 0 atom stereocenters. The van der Waals surface area contributed by atoms with Gasteiger partial charge < -0.3 is 15.1 Å². The Bertz CT molecular complexity index is 225. The van der Waals surface area contributed by atoms with Gasteiger partial charge in [-0.15, -0.1) is 0 Å². The average Bonchev–Trinajstić information content (AvgIpc) is 2.14. The van der Waals surface area contributed by atoms with Crippen LogP contribution in [0.15, 0.2) is 0 Å². The van der Waals surface area contributed by atoms with E-state index in [2.05, 4.69) is 38.2 Å². The molecule has 0 rings (SSSR count). The summed E-state index contributed by atoms with van der Waals surface area (Å²) in [6, 6.07) is 0. The molecule has 0 aliphatic heterocycles. The van der Waals surface area contributed by atoms with Crippen molar-refractivity contribution in [2.45, 2.75) is 26.7 Å². The molecule has 0 heterocycles. The lowest BCUT2D eigenvalue weighted by molar-refractivity contribution is -0.128. The number of amides is 1. The average molecular weight is 243 g/mol. The number of hydrogen-bond acceptors (Lipinski definition) is 3. The third kappa shape index (κ3) is 9.12. The highest BCUT2D eigenvalue weighted by atomic mass is 16.2. The number of nitrogens with zero attached hydrogens (tertiary/aromatic N) is 2. The molecule has 0 aliphatic rings. The van der Waals surface area contributed by atoms with E-state index >= 15 is 0 Å². The molecule has 0 unspecified atom stereocenters. The van der Waals surface area contributed by atoms with Crippen LogP contribution in [0.1, 0.15) is 26.7 Å². The minimum absolute atomic E-state index is 0.208. The lowest BCUT2D eigenvalue weighted by atomic mass is 9.93. The summed E-state index contributed by atoms with van der Waals surface area (Å²) in [6.45, 7) is 7.48. The molecule has 102 valence electrons. The summed E-state index contributed by atoms with van der Waals surface area (Å²) in [5.74, 6) is 0.208. The van der Waals surface area contributed by atoms with Gasteiger partial charge in [-0.25, -0.2) is 0 Å². The van der Waals surface area contributed by atoms with Gasteiger partial charge >= 0.3 is 0 Å². The molecule has 0 fully saturated rings. The van der Waals surface area contributed by atoms with Crippen LogP contribution in [0.2, 0.25) is 0 Å². The highest BCUT2D eigenvalue weighted by Crippen LogP contribution is 2.13. The number of carbonyl (C=O) groups is 1. The minimum atomic E-state index is 0.208. The largest absolute Gasteiger partial charge is 0.349 e. The van der Waals surface area contributed by atoms with Gasteiger partial charge in [0.15, 0.2) is 0 Å². The maximum Gasteiger partial charge on any atom is 0.222 e. The van der Waals surface area contributed by atoms with Crippen molar-refractivity contribution in [2.24, 2.45) is 5.41 Å². The van der Waals surface area contributed by atoms with Crippen LogP contribution in [0.5, 0.6) is 0 Å². The maximum absolute atomic E-state index is 11.3. The molecule has 0 spiro atoms. The standard InChI is InChI=1S/C13H29N3O/c1-13(2,11-15(3)4)10-14-9-7-8-12(17)16(5)6/h14H,7-11H2,1-6H3. The van der Waals surface area contributed by atoms with Gasteiger partial charge in [-0.05, 0) is 32.5 Å². The first-order valence-electron chi connectivity index (χ1n) is 6.30. The van der Waals surface area contributed by atoms with E-state index in [1.165, 1.54) is 0 Å². The molecule has 4 heteroatoms. The zero-order chi connectivity index (χ0) is 13.5. The van der Waals surface area contributed by atoms with Crippen LogP contribution in [0.25, 0.3) is 0 Å². The monoisotopic (exact) mass is 243 g/mol. The highest BCUT2D eigenvalue weighted by molar-refractivity contribution is 5.75. The molecular weight excluding hydrogens is 214 g/mol. The lowest BCUT2D eigenvalue weighted by Crippen LogP contribution is -2.38. The molecule has 17 heavy (non-hydrogen) atoms. The van der Waals surface area contributed by atoms with Crippen molar-refractivity contribution in [1.29, 1.82) is 0 Å². The quantitative estimate of drug-likeness (QED) is 0.647. The molecule has 1 amide bonds. The second-order valence-electron chi connectivity index (χ2n) is 5.97. The Kier molecular flexibility index (Phi) is 7.39. The number of carbonyl (C=O) groups excluding carboxylic acids is 1. The molecule has 0 radical (unpaired) electrons. The van der Waals surface area contributed by atoms with Crippen LogP contribution in [0.4, 0.5) is 0 Å². The minimum Gasteiger partial charge on any atom is -0.349 e. The van der Waals surface area contributed by atoms with Crippen LogP contribution in [0.3, 0.4) is 0 Å². The smallest absolute Gasteiger partial charge is 0.222 e. The molecule has 0 aromatic carbocycles. The third-order valence-corrected chi connectivity index (χ3v) is 2.59. The SMILES string of the molecule is CN(C)CC(C)(C)CNCCCC(=O)N(C)C. The molecule has 0 aliphatic carbocycles. The Balaban J connectivity index is 3.61. The molecule has 0 bridgehead atoms. The Morgan fingerprint density at radius 2 is 1.76 bits per heavy atom. The summed E-state index contributed by atoms with van der Waals surface area (Å²) >= 11 is 0. The van der Waals surface area contributed by atoms with Crippen molar-refractivity contribution in [3.05, 3.63) is 0 Å². The number of nitrogens with one attached hydrogen (secondary N) is 1. The predicted molar refractivity (Wildman–Crippen MR) is 73.1 cm³/mol. The Hall–Kier alpha value is -0.610. The zero-order valence-electron chi connectivity index (χ0n) is 12.3. The van der Waals surface area contributed by atoms with Gasteiger partial charge in [0, 0.05) is 33.6 Å². The van der Waals surface area contributed by atoms with Gasteiger partial charge in [-0.2, -0.15) is 0 Å². The maximum atomic E-state index is 11.3. The molecule has 0 aromatic rings. The van der Waals surface area contributed by atoms with Crippen molar-refractivity contribution in [2.75, 3.05) is 47.8 Å². The van der Waals surface area contributed by atoms with E-state index in [9.17, 15) is 4.79 Å². The molecule has 4 nitrogen and oxygen atoms in total. The fraction of sp³-hybridized carbons (Fsp3) is 0.923. The van der Waals surface area contributed by atoms with Gasteiger partial charge in [-0.3, -0.25) is 4.79 Å². The molecule has 0 saturated heterocycles. The summed E-state index contributed by atoms with van der Waals surface area (Å²) in [5, 5.41) is 3.43. The molecule has 1 N–H and O–H groups in total. The van der Waals surface area contributed by atoms with Gasteiger partial charge in [0.05, 0.1) is 0 Å². The Morgan fingerprint density at radius 3 is 2.24 bits per heavy atom. The van der Waals surface area contributed by atoms with E-state index in [0.717, 1.165) is 26.1 Å². The van der Waals surface area contributed by atoms with Crippen LogP contribution >= 0.6 is 0 Å². The van der Waals surface area contributed by atoms with Crippen LogP contribution in [-0.4, -0.2) is 63.5 Å². The summed E-state index contributed by atoms with van der Waals surface area (Å²) in [7, 11) is 7.79. The first kappa shape index (κ1) is 16.4. The lowest BCUT2D eigenvalue weighted by Gasteiger charge is -2.28. The van der Waals surface area contributed by atoms with Crippen molar-refractivity contribution in [1.82, 2.24) is 15.1 Å². The Morgan fingerprint density at radius 1 is 1.18 bits per heavy atom. The van der Waals surface area contributed by atoms with Crippen LogP contribution in [-0.2, 0) is 4.79 Å². The van der Waals surface area contributed by atoms with Crippen molar-refractivity contribution in [3.63, 3.8) is 0 Å². The van der Waals surface area contributed by atoms with E-state index < -0.39 is 0 Å². The summed E-state index contributed by atoms with van der Waals surface area (Å²) in [6.07, 6.45) is 1.54. The summed E-state index contributed by atoms with van der Waals surface area (Å²) in [4.78, 5) is 15.2. The molecular formula is C13H29N3O. The van der Waals surface area contributed by atoms with Gasteiger partial charge in [0.25, 0.3) is 0 Å². The van der Waals surface area contributed by atoms with Crippen molar-refractivity contribution in [3.8, 4) is 0 Å². The zero-order valence-corrected chi connectivity index (χ0v) is 12.3. The predicted octanol–water partition coefficient (Wildman–Crippen LogP) is 1.03. The normalized spacial score (nSPS) is 11.9. The van der Waals surface area contributed by atoms with E-state index in [1.54, 1.807) is 19.0 Å². The topological polar surface area (TPSA) is 35.6 Å². The Labute approximate surface area is 106 Å². The fourth-order valence-electron chi connectivity index (χ4n) is 1.93. The van der Waals surface area contributed by atoms with E-state index in [1.807, 2.05) is 0 Å². The van der Waals surface area contributed by atoms with E-state index in [0.29, 0.717) is 6.42 Å². The molecule has 0 saturated carbocycles. The first-order chi connectivity index (χ1) is 7.74. The van der Waals surface area contributed by atoms with Gasteiger partial charge in [0.2, 0.25) is 5.91 Å². The molecule has 0 aromatic heterocycles. The second-order valence-corrected chi connectivity index (χ2v) is 5.97. The van der Waals surface area contributed by atoms with E-state index in [-0.39, 0.29) is 11.3 Å². The highest BCUT2D eigenvalue weighted by Gasteiger charge is 2.17. The van der Waals surface area contributed by atoms with Crippen molar-refractivity contribution >= 4 is 5.91 Å². The number of rotatable bonds is 8. The first-order valence-corrected chi connectivity index (χ1v) is 6.30. The summed E-state index contributed by atoms with van der Waals surface area (Å²) < 4.78 is 0. The summed E-state index contributed by atoms with van der Waals surface area (Å²) in [5.41, 5.74) is 0.273. The fourth-order valence-corrected chi connectivity index (χ4v) is 1.93.